The molecular formula is C14H21ClN2O. The summed E-state index contributed by atoms with van der Waals surface area (Å²) < 4.78 is 0. The van der Waals surface area contributed by atoms with E-state index in [2.05, 4.69) is 23.8 Å². The predicted octanol–water partition coefficient (Wildman–Crippen LogP) is 2.01. The lowest BCUT2D eigenvalue weighted by molar-refractivity contribution is 0.0341. The Bertz CT molecular complexity index is 399. The number of benzene rings is 1. The Labute approximate surface area is 114 Å². The van der Waals surface area contributed by atoms with E-state index in [9.17, 15) is 5.11 Å². The Kier molecular flexibility index (Phi) is 4.62. The van der Waals surface area contributed by atoms with Crippen molar-refractivity contribution in [2.75, 3.05) is 33.3 Å². The van der Waals surface area contributed by atoms with Crippen LogP contribution in [0.4, 0.5) is 0 Å². The average molecular weight is 269 g/mol. The second-order valence-electron chi connectivity index (χ2n) is 5.10. The lowest BCUT2D eigenvalue weighted by Gasteiger charge is -2.42. The molecule has 1 aliphatic rings. The van der Waals surface area contributed by atoms with Crippen LogP contribution in [-0.2, 0) is 0 Å². The molecule has 4 heteroatoms. The molecule has 2 rings (SSSR count). The Morgan fingerprint density at radius 3 is 2.83 bits per heavy atom. The summed E-state index contributed by atoms with van der Waals surface area (Å²) in [7, 11) is 2.14. The molecule has 0 saturated carbocycles. The molecule has 0 aliphatic carbocycles. The summed E-state index contributed by atoms with van der Waals surface area (Å²) in [5.41, 5.74) is 1.10. The smallest absolute Gasteiger partial charge is 0.0628 e. The fourth-order valence-corrected chi connectivity index (χ4v) is 2.93. The first-order valence-corrected chi connectivity index (χ1v) is 6.80. The van der Waals surface area contributed by atoms with Gasteiger partial charge in [0.25, 0.3) is 0 Å². The Morgan fingerprint density at radius 2 is 2.22 bits per heavy atom. The van der Waals surface area contributed by atoms with E-state index in [1.54, 1.807) is 0 Å². The van der Waals surface area contributed by atoms with E-state index in [4.69, 9.17) is 11.6 Å². The van der Waals surface area contributed by atoms with Gasteiger partial charge in [0, 0.05) is 30.7 Å². The van der Waals surface area contributed by atoms with Crippen LogP contribution >= 0.6 is 11.6 Å². The van der Waals surface area contributed by atoms with Gasteiger partial charge in [0.2, 0.25) is 0 Å². The van der Waals surface area contributed by atoms with Crippen molar-refractivity contribution >= 4 is 11.6 Å². The van der Waals surface area contributed by atoms with Gasteiger partial charge in [-0.15, -0.1) is 0 Å². The molecule has 1 aromatic rings. The fourth-order valence-electron chi connectivity index (χ4n) is 2.73. The van der Waals surface area contributed by atoms with Crippen molar-refractivity contribution in [3.63, 3.8) is 0 Å². The largest absolute Gasteiger partial charge is 0.394 e. The molecule has 1 aliphatic heterocycles. The molecule has 0 aromatic heterocycles. The lowest BCUT2D eigenvalue weighted by atomic mass is 10.0. The highest BCUT2D eigenvalue weighted by Crippen LogP contribution is 2.26. The number of likely N-dealkylation sites (N-methyl/N-ethyl adjacent to an activating group) is 1. The molecule has 0 radical (unpaired) electrons. The normalized spacial score (nSPS) is 24.1. The van der Waals surface area contributed by atoms with E-state index in [1.807, 2.05) is 24.3 Å². The summed E-state index contributed by atoms with van der Waals surface area (Å²) in [5, 5.41) is 10.4. The lowest BCUT2D eigenvalue weighted by Crippen LogP contribution is -2.52. The van der Waals surface area contributed by atoms with Crippen LogP contribution in [0.15, 0.2) is 24.3 Å². The van der Waals surface area contributed by atoms with Gasteiger partial charge in [0.1, 0.15) is 0 Å². The Balaban J connectivity index is 2.18. The number of hydrogen-bond acceptors (Lipinski definition) is 3. The first-order valence-electron chi connectivity index (χ1n) is 6.42. The minimum absolute atomic E-state index is 0.0485. The van der Waals surface area contributed by atoms with Crippen molar-refractivity contribution in [3.8, 4) is 0 Å². The zero-order valence-electron chi connectivity index (χ0n) is 11.0. The van der Waals surface area contributed by atoms with E-state index < -0.39 is 0 Å². The predicted molar refractivity (Wildman–Crippen MR) is 74.9 cm³/mol. The molecule has 0 bridgehead atoms. The number of nitrogens with zero attached hydrogens (tertiary/aromatic N) is 2. The second-order valence-corrected chi connectivity index (χ2v) is 5.54. The topological polar surface area (TPSA) is 26.7 Å². The number of halogens is 1. The maximum Gasteiger partial charge on any atom is 0.0628 e. The van der Waals surface area contributed by atoms with Crippen LogP contribution in [0.1, 0.15) is 18.5 Å². The number of piperazine rings is 1. The van der Waals surface area contributed by atoms with Gasteiger partial charge in [0.05, 0.1) is 12.6 Å². The SMILES string of the molecule is CC1CN(C)CCN1C(CO)c1cccc(Cl)c1. The van der Waals surface area contributed by atoms with Crippen LogP contribution in [0.5, 0.6) is 0 Å². The minimum atomic E-state index is 0.0485. The van der Waals surface area contributed by atoms with Gasteiger partial charge >= 0.3 is 0 Å². The summed E-state index contributed by atoms with van der Waals surface area (Å²) in [6.07, 6.45) is 0. The van der Waals surface area contributed by atoms with Gasteiger partial charge in [-0.25, -0.2) is 0 Å². The van der Waals surface area contributed by atoms with Gasteiger partial charge in [-0.2, -0.15) is 0 Å². The summed E-state index contributed by atoms with van der Waals surface area (Å²) >= 11 is 6.04. The summed E-state index contributed by atoms with van der Waals surface area (Å²) in [4.78, 5) is 4.69. The number of aliphatic hydroxyl groups excluding tert-OH is 1. The van der Waals surface area contributed by atoms with Crippen molar-refractivity contribution < 1.29 is 5.11 Å². The zero-order valence-corrected chi connectivity index (χ0v) is 11.8. The molecule has 0 spiro atoms. The van der Waals surface area contributed by atoms with Crippen LogP contribution in [0.3, 0.4) is 0 Å². The van der Waals surface area contributed by atoms with Crippen molar-refractivity contribution in [1.82, 2.24) is 9.80 Å². The summed E-state index contributed by atoms with van der Waals surface area (Å²) in [5.74, 6) is 0. The molecule has 2 atom stereocenters. The van der Waals surface area contributed by atoms with Crippen molar-refractivity contribution in [1.29, 1.82) is 0 Å². The standard InChI is InChI=1S/C14H21ClN2O/c1-11-9-16(2)6-7-17(11)14(10-18)12-4-3-5-13(15)8-12/h3-5,8,11,14,18H,6-7,9-10H2,1-2H3. The van der Waals surface area contributed by atoms with Crippen molar-refractivity contribution in [2.45, 2.75) is 19.0 Å². The quantitative estimate of drug-likeness (QED) is 0.909. The highest BCUT2D eigenvalue weighted by molar-refractivity contribution is 6.30. The highest BCUT2D eigenvalue weighted by Gasteiger charge is 2.28. The van der Waals surface area contributed by atoms with E-state index in [0.29, 0.717) is 6.04 Å². The van der Waals surface area contributed by atoms with Crippen LogP contribution in [-0.4, -0.2) is 54.2 Å². The third kappa shape index (κ3) is 3.04. The highest BCUT2D eigenvalue weighted by atomic mass is 35.5. The maximum absolute atomic E-state index is 9.71. The molecule has 100 valence electrons. The molecule has 1 heterocycles. The first-order chi connectivity index (χ1) is 8.61. The molecule has 1 fully saturated rings. The molecule has 18 heavy (non-hydrogen) atoms. The average Bonchev–Trinajstić information content (AvgIpc) is 2.33. The molecular weight excluding hydrogens is 248 g/mol. The summed E-state index contributed by atoms with van der Waals surface area (Å²) in [6, 6.07) is 8.30. The molecule has 3 nitrogen and oxygen atoms in total. The van der Waals surface area contributed by atoms with E-state index in [0.717, 1.165) is 30.2 Å². The van der Waals surface area contributed by atoms with Crippen LogP contribution in [0.2, 0.25) is 5.02 Å². The first kappa shape index (κ1) is 13.8. The number of rotatable bonds is 3. The van der Waals surface area contributed by atoms with Gasteiger partial charge in [-0.3, -0.25) is 4.90 Å². The molecule has 1 aromatic carbocycles. The Hall–Kier alpha value is -0.610. The van der Waals surface area contributed by atoms with Gasteiger partial charge in [-0.05, 0) is 31.7 Å². The van der Waals surface area contributed by atoms with E-state index in [1.165, 1.54) is 0 Å². The molecule has 0 amide bonds. The summed E-state index contributed by atoms with van der Waals surface area (Å²) in [6.45, 7) is 5.41. The van der Waals surface area contributed by atoms with Crippen LogP contribution in [0, 0.1) is 0 Å². The molecule has 1 saturated heterocycles. The van der Waals surface area contributed by atoms with E-state index in [-0.39, 0.29) is 12.6 Å². The Morgan fingerprint density at radius 1 is 1.44 bits per heavy atom. The molecule has 1 N–H and O–H groups in total. The van der Waals surface area contributed by atoms with Crippen molar-refractivity contribution in [2.24, 2.45) is 0 Å². The third-order valence-electron chi connectivity index (χ3n) is 3.69. The maximum atomic E-state index is 9.71. The minimum Gasteiger partial charge on any atom is -0.394 e. The van der Waals surface area contributed by atoms with Crippen LogP contribution in [0.25, 0.3) is 0 Å². The van der Waals surface area contributed by atoms with Crippen molar-refractivity contribution in [3.05, 3.63) is 34.9 Å². The zero-order chi connectivity index (χ0) is 13.1. The number of hydrogen-bond donors (Lipinski definition) is 1. The van der Waals surface area contributed by atoms with Gasteiger partial charge in [-0.1, -0.05) is 23.7 Å². The third-order valence-corrected chi connectivity index (χ3v) is 3.92. The monoisotopic (exact) mass is 268 g/mol. The second kappa shape index (κ2) is 6.02. The fraction of sp³-hybridized carbons (Fsp3) is 0.571. The van der Waals surface area contributed by atoms with E-state index >= 15 is 0 Å². The van der Waals surface area contributed by atoms with Crippen LogP contribution < -0.4 is 0 Å². The van der Waals surface area contributed by atoms with Gasteiger partial charge < -0.3 is 10.0 Å². The molecule has 2 unspecified atom stereocenters. The number of aliphatic hydroxyl groups is 1. The van der Waals surface area contributed by atoms with Gasteiger partial charge in [0.15, 0.2) is 0 Å².